The minimum Gasteiger partial charge on any atom is -0.336 e. The predicted molar refractivity (Wildman–Crippen MR) is 96.3 cm³/mol. The Morgan fingerprint density at radius 3 is 2.88 bits per heavy atom. The molecule has 0 saturated carbocycles. The molecule has 0 aromatic carbocycles. The fraction of sp³-hybridized carbons (Fsp3) is 0.611. The van der Waals surface area contributed by atoms with Gasteiger partial charge in [0.2, 0.25) is 0 Å². The first kappa shape index (κ1) is 17.7. The van der Waals surface area contributed by atoms with Gasteiger partial charge in [-0.25, -0.2) is 0 Å². The van der Waals surface area contributed by atoms with Crippen LogP contribution in [0.25, 0.3) is 0 Å². The van der Waals surface area contributed by atoms with E-state index in [9.17, 15) is 4.79 Å². The van der Waals surface area contributed by atoms with Gasteiger partial charge in [0, 0.05) is 56.7 Å². The number of nitrogens with zero attached hydrogens (tertiary/aromatic N) is 5. The van der Waals surface area contributed by atoms with Gasteiger partial charge in [0.05, 0.1) is 6.20 Å². The molecule has 1 fully saturated rings. The molecule has 0 aliphatic carbocycles. The van der Waals surface area contributed by atoms with Crippen molar-refractivity contribution in [2.45, 2.75) is 46.2 Å². The highest BCUT2D eigenvalue weighted by molar-refractivity contribution is 5.92. The monoisotopic (exact) mass is 344 g/mol. The summed E-state index contributed by atoms with van der Waals surface area (Å²) in [5, 5.41) is 11.5. The Balaban J connectivity index is 1.55. The standard InChI is InChI=1S/C18H28N6O/c1-3-6-16-11-17(21-20-16)18(25)23-8-5-7-22(9-10-23)13-15-12-19-24(4-2)14-15/h11-12,14H,3-10,13H2,1-2H3,(H,20,21). The van der Waals surface area contributed by atoms with E-state index in [4.69, 9.17) is 0 Å². The zero-order valence-corrected chi connectivity index (χ0v) is 15.2. The fourth-order valence-electron chi connectivity index (χ4n) is 3.28. The quantitative estimate of drug-likeness (QED) is 0.869. The van der Waals surface area contributed by atoms with Gasteiger partial charge < -0.3 is 4.90 Å². The van der Waals surface area contributed by atoms with Crippen LogP contribution in [0.1, 0.15) is 48.4 Å². The van der Waals surface area contributed by atoms with Crippen LogP contribution in [0.5, 0.6) is 0 Å². The van der Waals surface area contributed by atoms with Gasteiger partial charge >= 0.3 is 0 Å². The van der Waals surface area contributed by atoms with E-state index in [0.29, 0.717) is 5.69 Å². The Labute approximate surface area is 149 Å². The summed E-state index contributed by atoms with van der Waals surface area (Å²) >= 11 is 0. The lowest BCUT2D eigenvalue weighted by Gasteiger charge is -2.21. The number of carbonyl (C=O) groups is 1. The zero-order chi connectivity index (χ0) is 17.6. The van der Waals surface area contributed by atoms with E-state index in [2.05, 4.69) is 40.2 Å². The number of aromatic nitrogens is 4. The lowest BCUT2D eigenvalue weighted by molar-refractivity contribution is 0.0755. The molecule has 136 valence electrons. The average Bonchev–Trinajstić information content (AvgIpc) is 3.20. The number of amides is 1. The molecule has 1 aliphatic rings. The highest BCUT2D eigenvalue weighted by Crippen LogP contribution is 2.12. The summed E-state index contributed by atoms with van der Waals surface area (Å²) in [5.41, 5.74) is 2.81. The molecule has 1 aliphatic heterocycles. The third-order valence-electron chi connectivity index (χ3n) is 4.66. The third-order valence-corrected chi connectivity index (χ3v) is 4.66. The Bertz CT molecular complexity index is 691. The fourth-order valence-corrected chi connectivity index (χ4v) is 3.28. The molecule has 7 nitrogen and oxygen atoms in total. The topological polar surface area (TPSA) is 70.1 Å². The molecule has 1 amide bonds. The van der Waals surface area contributed by atoms with Crippen molar-refractivity contribution in [3.63, 3.8) is 0 Å². The van der Waals surface area contributed by atoms with E-state index in [0.717, 1.165) is 64.2 Å². The smallest absolute Gasteiger partial charge is 0.274 e. The van der Waals surface area contributed by atoms with Crippen LogP contribution < -0.4 is 0 Å². The summed E-state index contributed by atoms with van der Waals surface area (Å²) in [6, 6.07) is 1.90. The Morgan fingerprint density at radius 2 is 2.12 bits per heavy atom. The third kappa shape index (κ3) is 4.48. The van der Waals surface area contributed by atoms with Crippen molar-refractivity contribution in [3.8, 4) is 0 Å². The lowest BCUT2D eigenvalue weighted by Crippen LogP contribution is -2.35. The van der Waals surface area contributed by atoms with Gasteiger partial charge in [0.15, 0.2) is 0 Å². The maximum atomic E-state index is 12.7. The first-order valence-corrected chi connectivity index (χ1v) is 9.26. The molecule has 0 atom stereocenters. The van der Waals surface area contributed by atoms with Gasteiger partial charge in [-0.15, -0.1) is 0 Å². The van der Waals surface area contributed by atoms with Crippen molar-refractivity contribution in [3.05, 3.63) is 35.4 Å². The second kappa shape index (κ2) is 8.29. The summed E-state index contributed by atoms with van der Waals surface area (Å²) in [5.74, 6) is 0.0410. The molecule has 0 spiro atoms. The van der Waals surface area contributed by atoms with Crippen LogP contribution in [0.4, 0.5) is 0 Å². The van der Waals surface area contributed by atoms with E-state index >= 15 is 0 Å². The van der Waals surface area contributed by atoms with E-state index in [1.807, 2.05) is 21.8 Å². The number of nitrogens with one attached hydrogen (secondary N) is 1. The largest absolute Gasteiger partial charge is 0.336 e. The van der Waals surface area contributed by atoms with Gasteiger partial charge in [0.1, 0.15) is 5.69 Å². The van der Waals surface area contributed by atoms with Crippen LogP contribution in [-0.4, -0.2) is 61.9 Å². The van der Waals surface area contributed by atoms with E-state index in [1.54, 1.807) is 0 Å². The summed E-state index contributed by atoms with van der Waals surface area (Å²) in [4.78, 5) is 17.0. The second-order valence-corrected chi connectivity index (χ2v) is 6.65. The highest BCUT2D eigenvalue weighted by Gasteiger charge is 2.22. The van der Waals surface area contributed by atoms with Crippen molar-refractivity contribution in [2.75, 3.05) is 26.2 Å². The van der Waals surface area contributed by atoms with Crippen LogP contribution in [0, 0.1) is 0 Å². The summed E-state index contributed by atoms with van der Waals surface area (Å²) in [6.45, 7) is 9.43. The summed E-state index contributed by atoms with van der Waals surface area (Å²) in [7, 11) is 0. The molecular formula is C18H28N6O. The van der Waals surface area contributed by atoms with Gasteiger partial charge in [-0.1, -0.05) is 13.3 Å². The number of aryl methyl sites for hydroxylation is 2. The zero-order valence-electron chi connectivity index (χ0n) is 15.2. The van der Waals surface area contributed by atoms with Crippen LogP contribution >= 0.6 is 0 Å². The van der Waals surface area contributed by atoms with Crippen LogP contribution in [-0.2, 0) is 19.5 Å². The first-order chi connectivity index (χ1) is 12.2. The van der Waals surface area contributed by atoms with Crippen LogP contribution in [0.2, 0.25) is 0 Å². The van der Waals surface area contributed by atoms with Crippen molar-refractivity contribution in [1.29, 1.82) is 0 Å². The molecule has 3 heterocycles. The Kier molecular flexibility index (Phi) is 5.86. The SMILES string of the molecule is CCCc1cc(C(=O)N2CCCN(Cc3cnn(CC)c3)CC2)n[nH]1. The van der Waals surface area contributed by atoms with Gasteiger partial charge in [-0.2, -0.15) is 10.2 Å². The Morgan fingerprint density at radius 1 is 1.24 bits per heavy atom. The van der Waals surface area contributed by atoms with Crippen LogP contribution in [0.15, 0.2) is 18.5 Å². The number of hydrogen-bond acceptors (Lipinski definition) is 4. The molecule has 0 unspecified atom stereocenters. The molecular weight excluding hydrogens is 316 g/mol. The molecule has 1 saturated heterocycles. The molecule has 25 heavy (non-hydrogen) atoms. The number of carbonyl (C=O) groups excluding carboxylic acids is 1. The number of hydrogen-bond donors (Lipinski definition) is 1. The minimum absolute atomic E-state index is 0.0410. The summed E-state index contributed by atoms with van der Waals surface area (Å²) < 4.78 is 1.95. The first-order valence-electron chi connectivity index (χ1n) is 9.26. The average molecular weight is 344 g/mol. The molecule has 0 bridgehead atoms. The van der Waals surface area contributed by atoms with Crippen molar-refractivity contribution < 1.29 is 4.79 Å². The molecule has 0 radical (unpaired) electrons. The number of rotatable bonds is 6. The predicted octanol–water partition coefficient (Wildman–Crippen LogP) is 1.93. The maximum Gasteiger partial charge on any atom is 0.274 e. The summed E-state index contributed by atoms with van der Waals surface area (Å²) in [6.07, 6.45) is 7.01. The minimum atomic E-state index is 0.0410. The molecule has 2 aromatic heterocycles. The van der Waals surface area contributed by atoms with Gasteiger partial charge in [-0.05, 0) is 25.8 Å². The van der Waals surface area contributed by atoms with Crippen LogP contribution in [0.3, 0.4) is 0 Å². The van der Waals surface area contributed by atoms with Gasteiger partial charge in [-0.3, -0.25) is 19.5 Å². The maximum absolute atomic E-state index is 12.7. The van der Waals surface area contributed by atoms with Crippen molar-refractivity contribution >= 4 is 5.91 Å². The van der Waals surface area contributed by atoms with Crippen molar-refractivity contribution in [2.24, 2.45) is 0 Å². The molecule has 7 heteroatoms. The van der Waals surface area contributed by atoms with Crippen molar-refractivity contribution in [1.82, 2.24) is 29.8 Å². The molecule has 2 aromatic rings. The highest BCUT2D eigenvalue weighted by atomic mass is 16.2. The second-order valence-electron chi connectivity index (χ2n) is 6.65. The lowest BCUT2D eigenvalue weighted by atomic mass is 10.2. The normalized spacial score (nSPS) is 16.2. The van der Waals surface area contributed by atoms with E-state index < -0.39 is 0 Å². The number of H-pyrrole nitrogens is 1. The molecule has 1 N–H and O–H groups in total. The molecule has 3 rings (SSSR count). The number of aromatic amines is 1. The van der Waals surface area contributed by atoms with E-state index in [1.165, 1.54) is 5.56 Å². The Hall–Kier alpha value is -2.15. The van der Waals surface area contributed by atoms with E-state index in [-0.39, 0.29) is 5.91 Å². The van der Waals surface area contributed by atoms with Gasteiger partial charge in [0.25, 0.3) is 5.91 Å².